The number of thioether (sulfide) groups is 1. The summed E-state index contributed by atoms with van der Waals surface area (Å²) in [5.41, 5.74) is 2.96. The van der Waals surface area contributed by atoms with Crippen molar-refractivity contribution in [2.24, 2.45) is 0 Å². The number of carboxylic acids is 1. The predicted molar refractivity (Wildman–Crippen MR) is 79.6 cm³/mol. The topological polar surface area (TPSA) is 49.3 Å². The van der Waals surface area contributed by atoms with Gasteiger partial charge in [0.25, 0.3) is 0 Å². The Kier molecular flexibility index (Phi) is 4.12. The smallest absolute Gasteiger partial charge is 0.335 e. The van der Waals surface area contributed by atoms with Crippen LogP contribution in [0, 0.1) is 6.92 Å². The first-order chi connectivity index (χ1) is 9.10. The quantitative estimate of drug-likeness (QED) is 0.821. The summed E-state index contributed by atoms with van der Waals surface area (Å²) in [4.78, 5) is 12.2. The summed E-state index contributed by atoms with van der Waals surface area (Å²) in [5, 5.41) is 12.2. The van der Waals surface area contributed by atoms with E-state index in [4.69, 9.17) is 5.11 Å². The molecule has 0 spiro atoms. The molecular weight excluding hydrogens is 258 g/mol. The molecule has 0 fully saturated rings. The second-order valence-electron chi connectivity index (χ2n) is 4.19. The maximum atomic E-state index is 10.9. The molecule has 2 aromatic carbocycles. The molecule has 0 saturated heterocycles. The van der Waals surface area contributed by atoms with Crippen LogP contribution in [0.2, 0.25) is 0 Å². The van der Waals surface area contributed by atoms with Gasteiger partial charge in [0.2, 0.25) is 0 Å². The lowest BCUT2D eigenvalue weighted by molar-refractivity contribution is 0.0696. The van der Waals surface area contributed by atoms with Gasteiger partial charge < -0.3 is 10.4 Å². The summed E-state index contributed by atoms with van der Waals surface area (Å²) in [5.74, 6) is -0.895. The fourth-order valence-electron chi connectivity index (χ4n) is 1.82. The van der Waals surface area contributed by atoms with Gasteiger partial charge in [-0.2, -0.15) is 0 Å². The van der Waals surface area contributed by atoms with Crippen molar-refractivity contribution in [1.29, 1.82) is 0 Å². The molecule has 2 N–H and O–H groups in total. The van der Waals surface area contributed by atoms with Gasteiger partial charge in [-0.25, -0.2) is 4.79 Å². The molecule has 0 aliphatic rings. The van der Waals surface area contributed by atoms with Gasteiger partial charge in [0, 0.05) is 16.3 Å². The minimum Gasteiger partial charge on any atom is -0.478 e. The standard InChI is InChI=1S/C15H15NO2S/c1-10-9-12(5-8-14(10)15(17)18)16-11-3-6-13(19-2)7-4-11/h3-9,16H,1-2H3,(H,17,18). The van der Waals surface area contributed by atoms with E-state index >= 15 is 0 Å². The van der Waals surface area contributed by atoms with E-state index < -0.39 is 5.97 Å². The minimum atomic E-state index is -0.895. The van der Waals surface area contributed by atoms with E-state index in [1.165, 1.54) is 4.90 Å². The van der Waals surface area contributed by atoms with Crippen molar-refractivity contribution in [3.63, 3.8) is 0 Å². The Labute approximate surface area is 116 Å². The summed E-state index contributed by atoms with van der Waals surface area (Å²) in [6.07, 6.45) is 2.04. The number of rotatable bonds is 4. The van der Waals surface area contributed by atoms with Crippen LogP contribution in [0.3, 0.4) is 0 Å². The highest BCUT2D eigenvalue weighted by atomic mass is 32.2. The molecule has 0 saturated carbocycles. The molecular formula is C15H15NO2S. The van der Waals surface area contributed by atoms with Crippen LogP contribution < -0.4 is 5.32 Å². The summed E-state index contributed by atoms with van der Waals surface area (Å²) in [6, 6.07) is 13.3. The maximum absolute atomic E-state index is 10.9. The Morgan fingerprint density at radius 1 is 1.11 bits per heavy atom. The first kappa shape index (κ1) is 13.5. The molecule has 2 rings (SSSR count). The highest BCUT2D eigenvalue weighted by Gasteiger charge is 2.07. The number of aryl methyl sites for hydroxylation is 1. The normalized spacial score (nSPS) is 10.2. The lowest BCUT2D eigenvalue weighted by Crippen LogP contribution is -2.00. The van der Waals surface area contributed by atoms with Crippen molar-refractivity contribution in [2.45, 2.75) is 11.8 Å². The van der Waals surface area contributed by atoms with Gasteiger partial charge in [0.05, 0.1) is 5.56 Å². The number of nitrogens with one attached hydrogen (secondary N) is 1. The van der Waals surface area contributed by atoms with Gasteiger partial charge in [0.1, 0.15) is 0 Å². The van der Waals surface area contributed by atoms with Crippen LogP contribution in [0.4, 0.5) is 11.4 Å². The number of hydrogen-bond acceptors (Lipinski definition) is 3. The Balaban J connectivity index is 2.18. The summed E-state index contributed by atoms with van der Waals surface area (Å²) < 4.78 is 0. The van der Waals surface area contributed by atoms with Crippen molar-refractivity contribution < 1.29 is 9.90 Å². The fraction of sp³-hybridized carbons (Fsp3) is 0.133. The predicted octanol–water partition coefficient (Wildman–Crippen LogP) is 4.16. The Morgan fingerprint density at radius 3 is 2.26 bits per heavy atom. The van der Waals surface area contributed by atoms with E-state index in [-0.39, 0.29) is 0 Å². The Bertz CT molecular complexity index is 594. The molecule has 0 aliphatic heterocycles. The zero-order valence-electron chi connectivity index (χ0n) is 10.8. The monoisotopic (exact) mass is 273 g/mol. The lowest BCUT2D eigenvalue weighted by Gasteiger charge is -2.09. The van der Waals surface area contributed by atoms with E-state index in [1.54, 1.807) is 30.8 Å². The van der Waals surface area contributed by atoms with Crippen LogP contribution in [0.5, 0.6) is 0 Å². The molecule has 98 valence electrons. The Morgan fingerprint density at radius 2 is 1.74 bits per heavy atom. The van der Waals surface area contributed by atoms with Crippen molar-refractivity contribution >= 4 is 29.1 Å². The van der Waals surface area contributed by atoms with E-state index in [0.29, 0.717) is 5.56 Å². The van der Waals surface area contributed by atoms with E-state index in [2.05, 4.69) is 5.32 Å². The highest BCUT2D eigenvalue weighted by molar-refractivity contribution is 7.98. The number of benzene rings is 2. The first-order valence-corrected chi connectivity index (χ1v) is 7.07. The second-order valence-corrected chi connectivity index (χ2v) is 5.07. The van der Waals surface area contributed by atoms with Crippen LogP contribution in [0.15, 0.2) is 47.4 Å². The highest BCUT2D eigenvalue weighted by Crippen LogP contribution is 2.22. The fourth-order valence-corrected chi connectivity index (χ4v) is 2.23. The zero-order chi connectivity index (χ0) is 13.8. The molecule has 0 aliphatic carbocycles. The van der Waals surface area contributed by atoms with Crippen molar-refractivity contribution in [1.82, 2.24) is 0 Å². The van der Waals surface area contributed by atoms with Crippen LogP contribution in [-0.2, 0) is 0 Å². The minimum absolute atomic E-state index is 0.336. The van der Waals surface area contributed by atoms with Gasteiger partial charge in [-0.1, -0.05) is 0 Å². The van der Waals surface area contributed by atoms with Crippen LogP contribution in [0.25, 0.3) is 0 Å². The van der Waals surface area contributed by atoms with E-state index in [9.17, 15) is 4.79 Å². The van der Waals surface area contributed by atoms with E-state index in [0.717, 1.165) is 16.9 Å². The SMILES string of the molecule is CSc1ccc(Nc2ccc(C(=O)O)c(C)c2)cc1. The number of carbonyl (C=O) groups is 1. The Hall–Kier alpha value is -1.94. The second kappa shape index (κ2) is 5.80. The first-order valence-electron chi connectivity index (χ1n) is 5.85. The molecule has 0 heterocycles. The number of hydrogen-bond donors (Lipinski definition) is 2. The maximum Gasteiger partial charge on any atom is 0.335 e. The van der Waals surface area contributed by atoms with Crippen molar-refractivity contribution in [3.05, 3.63) is 53.6 Å². The average molecular weight is 273 g/mol. The van der Waals surface area contributed by atoms with Gasteiger partial charge in [-0.05, 0) is 61.2 Å². The van der Waals surface area contributed by atoms with Crippen LogP contribution in [0.1, 0.15) is 15.9 Å². The van der Waals surface area contributed by atoms with Gasteiger partial charge in [-0.3, -0.25) is 0 Å². The molecule has 2 aromatic rings. The molecule has 0 radical (unpaired) electrons. The molecule has 19 heavy (non-hydrogen) atoms. The molecule has 0 atom stereocenters. The third kappa shape index (κ3) is 3.29. The molecule has 0 aromatic heterocycles. The number of aromatic carboxylic acids is 1. The number of anilines is 2. The molecule has 0 bridgehead atoms. The molecule has 0 amide bonds. The third-order valence-corrected chi connectivity index (χ3v) is 3.58. The summed E-state index contributed by atoms with van der Waals surface area (Å²) in [7, 11) is 0. The van der Waals surface area contributed by atoms with E-state index in [1.807, 2.05) is 36.6 Å². The van der Waals surface area contributed by atoms with Gasteiger partial charge in [-0.15, -0.1) is 11.8 Å². The third-order valence-electron chi connectivity index (χ3n) is 2.84. The van der Waals surface area contributed by atoms with Gasteiger partial charge >= 0.3 is 5.97 Å². The molecule has 4 heteroatoms. The van der Waals surface area contributed by atoms with Crippen LogP contribution >= 0.6 is 11.8 Å². The van der Waals surface area contributed by atoms with Crippen LogP contribution in [-0.4, -0.2) is 17.3 Å². The molecule has 3 nitrogen and oxygen atoms in total. The largest absolute Gasteiger partial charge is 0.478 e. The van der Waals surface area contributed by atoms with Crippen molar-refractivity contribution in [3.8, 4) is 0 Å². The summed E-state index contributed by atoms with van der Waals surface area (Å²) >= 11 is 1.70. The zero-order valence-corrected chi connectivity index (χ0v) is 11.6. The number of carboxylic acid groups (broad SMARTS) is 1. The molecule has 0 unspecified atom stereocenters. The van der Waals surface area contributed by atoms with Crippen molar-refractivity contribution in [2.75, 3.05) is 11.6 Å². The lowest BCUT2D eigenvalue weighted by atomic mass is 10.1. The average Bonchev–Trinajstić information content (AvgIpc) is 2.39. The van der Waals surface area contributed by atoms with Gasteiger partial charge in [0.15, 0.2) is 0 Å². The summed E-state index contributed by atoms with van der Waals surface area (Å²) in [6.45, 7) is 1.80.